The second-order valence-electron chi connectivity index (χ2n) is 9.85. The third kappa shape index (κ3) is 4.66. The SMILES string of the molecule is Cc1cc([C@H]2[C@@H](c3ccccn3)NC(=S)N2Cc2ccccn2)c(C)n1-c1ccc(N2CCOCC2)cc1. The van der Waals surface area contributed by atoms with Crippen molar-refractivity contribution in [2.45, 2.75) is 32.5 Å². The van der Waals surface area contributed by atoms with Gasteiger partial charge in [0.1, 0.15) is 0 Å². The Morgan fingerprint density at radius 1 is 0.921 bits per heavy atom. The zero-order valence-corrected chi connectivity index (χ0v) is 22.6. The predicted octanol–water partition coefficient (Wildman–Crippen LogP) is 4.89. The van der Waals surface area contributed by atoms with Gasteiger partial charge in [-0.3, -0.25) is 9.97 Å². The molecule has 2 fully saturated rings. The van der Waals surface area contributed by atoms with E-state index in [4.69, 9.17) is 21.9 Å². The minimum Gasteiger partial charge on any atom is -0.378 e. The molecule has 194 valence electrons. The molecule has 0 bridgehead atoms. The number of thiocarbonyl (C=S) groups is 1. The first kappa shape index (κ1) is 24.6. The lowest BCUT2D eigenvalue weighted by molar-refractivity contribution is 0.122. The van der Waals surface area contributed by atoms with Crippen molar-refractivity contribution < 1.29 is 4.74 Å². The molecule has 4 aromatic rings. The molecule has 0 aliphatic carbocycles. The smallest absolute Gasteiger partial charge is 0.170 e. The summed E-state index contributed by atoms with van der Waals surface area (Å²) in [5, 5.41) is 4.29. The van der Waals surface area contributed by atoms with Crippen molar-refractivity contribution in [2.75, 3.05) is 31.2 Å². The number of benzene rings is 1. The summed E-state index contributed by atoms with van der Waals surface area (Å²) in [7, 11) is 0. The molecule has 38 heavy (non-hydrogen) atoms. The summed E-state index contributed by atoms with van der Waals surface area (Å²) in [5.74, 6) is 0. The van der Waals surface area contributed by atoms with Crippen LogP contribution < -0.4 is 10.2 Å². The van der Waals surface area contributed by atoms with Crippen molar-refractivity contribution >= 4 is 23.0 Å². The summed E-state index contributed by atoms with van der Waals surface area (Å²) in [4.78, 5) is 13.9. The molecule has 2 aliphatic rings. The van der Waals surface area contributed by atoms with E-state index in [0.29, 0.717) is 6.54 Å². The third-order valence-electron chi connectivity index (χ3n) is 7.53. The Bertz CT molecular complexity index is 1400. The molecule has 1 aromatic carbocycles. The van der Waals surface area contributed by atoms with E-state index in [1.54, 1.807) is 0 Å². The topological polar surface area (TPSA) is 58.5 Å². The standard InChI is InChI=1S/C30H32N6OS/c1-21-19-26(22(2)36(21)25-11-9-24(10-12-25)34-15-17-37-18-16-34)29-28(27-8-4-6-14-32-27)33-30(38)35(29)20-23-7-3-5-13-31-23/h3-14,19,28-29H,15-18,20H2,1-2H3,(H,33,38)/t28-,29+/m1/s1. The number of rotatable bonds is 6. The number of aromatic nitrogens is 3. The number of hydrogen-bond donors (Lipinski definition) is 1. The fourth-order valence-electron chi connectivity index (χ4n) is 5.70. The second-order valence-corrected chi connectivity index (χ2v) is 10.2. The summed E-state index contributed by atoms with van der Waals surface area (Å²) in [6.45, 7) is 8.43. The van der Waals surface area contributed by atoms with Crippen LogP contribution in [-0.4, -0.2) is 50.9 Å². The molecule has 0 spiro atoms. The van der Waals surface area contributed by atoms with Crippen LogP contribution in [0.2, 0.25) is 0 Å². The van der Waals surface area contributed by atoms with Crippen LogP contribution in [0, 0.1) is 13.8 Å². The predicted molar refractivity (Wildman–Crippen MR) is 154 cm³/mol. The van der Waals surface area contributed by atoms with Gasteiger partial charge in [0, 0.05) is 48.2 Å². The number of aryl methyl sites for hydroxylation is 1. The average molecular weight is 525 g/mol. The largest absolute Gasteiger partial charge is 0.378 e. The first-order valence-corrected chi connectivity index (χ1v) is 13.5. The van der Waals surface area contributed by atoms with Crippen molar-refractivity contribution in [1.82, 2.24) is 24.8 Å². The Hall–Kier alpha value is -3.75. The fraction of sp³-hybridized carbons (Fsp3) is 0.300. The van der Waals surface area contributed by atoms with Crippen LogP contribution in [0.25, 0.3) is 5.69 Å². The summed E-state index contributed by atoms with van der Waals surface area (Å²) >= 11 is 5.89. The van der Waals surface area contributed by atoms with Gasteiger partial charge in [-0.15, -0.1) is 0 Å². The molecule has 2 atom stereocenters. The molecule has 0 amide bonds. The van der Waals surface area contributed by atoms with E-state index >= 15 is 0 Å². The van der Waals surface area contributed by atoms with Crippen LogP contribution in [0.3, 0.4) is 0 Å². The summed E-state index contributed by atoms with van der Waals surface area (Å²) in [6, 6.07) is 23.1. The lowest BCUT2D eigenvalue weighted by Gasteiger charge is -2.29. The summed E-state index contributed by atoms with van der Waals surface area (Å²) in [5.41, 5.74) is 7.97. The first-order chi connectivity index (χ1) is 18.6. The number of morpholine rings is 1. The van der Waals surface area contributed by atoms with E-state index < -0.39 is 0 Å². The lowest BCUT2D eigenvalue weighted by Crippen LogP contribution is -2.36. The molecular weight excluding hydrogens is 492 g/mol. The molecule has 8 heteroatoms. The number of anilines is 1. The van der Waals surface area contributed by atoms with Crippen LogP contribution in [0.1, 0.15) is 40.4 Å². The maximum atomic E-state index is 5.89. The molecule has 0 unspecified atom stereocenters. The maximum absolute atomic E-state index is 5.89. The Morgan fingerprint density at radius 2 is 1.63 bits per heavy atom. The van der Waals surface area contributed by atoms with Crippen LogP contribution in [0.5, 0.6) is 0 Å². The van der Waals surface area contributed by atoms with Gasteiger partial charge in [-0.05, 0) is 86.2 Å². The second kappa shape index (κ2) is 10.6. The molecule has 0 radical (unpaired) electrons. The molecule has 3 aromatic heterocycles. The highest BCUT2D eigenvalue weighted by atomic mass is 32.1. The Balaban J connectivity index is 1.38. The molecule has 1 N–H and O–H groups in total. The summed E-state index contributed by atoms with van der Waals surface area (Å²) in [6.07, 6.45) is 3.68. The molecule has 2 saturated heterocycles. The van der Waals surface area contributed by atoms with E-state index in [9.17, 15) is 0 Å². The highest BCUT2D eigenvalue weighted by Crippen LogP contribution is 2.42. The molecule has 7 nitrogen and oxygen atoms in total. The number of pyridine rings is 2. The number of ether oxygens (including phenoxy) is 1. The highest BCUT2D eigenvalue weighted by Gasteiger charge is 2.41. The first-order valence-electron chi connectivity index (χ1n) is 13.1. The van der Waals surface area contributed by atoms with E-state index in [0.717, 1.165) is 48.5 Å². The Labute approximate surface area is 229 Å². The van der Waals surface area contributed by atoms with Crippen LogP contribution >= 0.6 is 12.2 Å². The minimum absolute atomic E-state index is 0.0213. The van der Waals surface area contributed by atoms with E-state index in [2.05, 4.69) is 74.9 Å². The maximum Gasteiger partial charge on any atom is 0.170 e. The van der Waals surface area contributed by atoms with Crippen molar-refractivity contribution in [3.63, 3.8) is 0 Å². The third-order valence-corrected chi connectivity index (χ3v) is 7.88. The van der Waals surface area contributed by atoms with Gasteiger partial charge in [0.2, 0.25) is 0 Å². The highest BCUT2D eigenvalue weighted by molar-refractivity contribution is 7.80. The minimum atomic E-state index is -0.0648. The van der Waals surface area contributed by atoms with E-state index in [1.807, 2.05) is 42.7 Å². The van der Waals surface area contributed by atoms with Crippen molar-refractivity contribution in [2.24, 2.45) is 0 Å². The fourth-order valence-corrected chi connectivity index (χ4v) is 6.00. The summed E-state index contributed by atoms with van der Waals surface area (Å²) < 4.78 is 7.86. The lowest BCUT2D eigenvalue weighted by atomic mass is 9.96. The van der Waals surface area contributed by atoms with Gasteiger partial charge in [0.15, 0.2) is 5.11 Å². The van der Waals surface area contributed by atoms with Gasteiger partial charge < -0.3 is 24.4 Å². The van der Waals surface area contributed by atoms with Crippen molar-refractivity contribution in [3.8, 4) is 5.69 Å². The van der Waals surface area contributed by atoms with Crippen molar-refractivity contribution in [1.29, 1.82) is 0 Å². The number of nitrogens with zero attached hydrogens (tertiary/aromatic N) is 5. The van der Waals surface area contributed by atoms with E-state index in [1.165, 1.54) is 22.6 Å². The molecular formula is C30H32N6OS. The normalized spacial score (nSPS) is 19.6. The van der Waals surface area contributed by atoms with Gasteiger partial charge in [0.25, 0.3) is 0 Å². The average Bonchev–Trinajstić information content (AvgIpc) is 3.44. The molecule has 5 heterocycles. The zero-order chi connectivity index (χ0) is 26.1. The van der Waals surface area contributed by atoms with Crippen molar-refractivity contribution in [3.05, 3.63) is 107 Å². The Morgan fingerprint density at radius 3 is 2.32 bits per heavy atom. The van der Waals surface area contributed by atoms with Gasteiger partial charge in [-0.1, -0.05) is 12.1 Å². The number of nitrogens with one attached hydrogen (secondary N) is 1. The zero-order valence-electron chi connectivity index (χ0n) is 21.7. The van der Waals surface area contributed by atoms with Crippen LogP contribution in [0.15, 0.2) is 79.1 Å². The molecule has 0 saturated carbocycles. The van der Waals surface area contributed by atoms with Gasteiger partial charge >= 0.3 is 0 Å². The number of hydrogen-bond acceptors (Lipinski definition) is 5. The van der Waals surface area contributed by atoms with E-state index in [-0.39, 0.29) is 12.1 Å². The van der Waals surface area contributed by atoms with Crippen LogP contribution in [0.4, 0.5) is 5.69 Å². The van der Waals surface area contributed by atoms with Gasteiger partial charge in [-0.2, -0.15) is 0 Å². The molecule has 2 aliphatic heterocycles. The van der Waals surface area contributed by atoms with Gasteiger partial charge in [-0.25, -0.2) is 0 Å². The monoisotopic (exact) mass is 524 g/mol. The Kier molecular flexibility index (Phi) is 6.82. The molecule has 6 rings (SSSR count). The quantitative estimate of drug-likeness (QED) is 0.360. The van der Waals surface area contributed by atoms with Crippen LogP contribution in [-0.2, 0) is 11.3 Å². The van der Waals surface area contributed by atoms with Gasteiger partial charge in [0.05, 0.1) is 43.2 Å².